The summed E-state index contributed by atoms with van der Waals surface area (Å²) < 4.78 is 0. The standard InChI is InChI=1S/C13H17ClN2O/c1-8-6-11(15)10(14)7-12(8)16-13(17)9-4-2-3-5-9/h6-7,9H,2-5,15H2,1H3,(H,16,17). The monoisotopic (exact) mass is 252 g/mol. The van der Waals surface area contributed by atoms with Crippen LogP contribution in [0.15, 0.2) is 12.1 Å². The molecule has 0 atom stereocenters. The number of carbonyl (C=O) groups is 1. The molecule has 4 heteroatoms. The maximum Gasteiger partial charge on any atom is 0.227 e. The summed E-state index contributed by atoms with van der Waals surface area (Å²) in [6.45, 7) is 1.91. The first-order valence-corrected chi connectivity index (χ1v) is 6.32. The molecule has 17 heavy (non-hydrogen) atoms. The molecular formula is C13H17ClN2O. The van der Waals surface area contributed by atoms with E-state index < -0.39 is 0 Å². The molecule has 3 nitrogen and oxygen atoms in total. The highest BCUT2D eigenvalue weighted by Gasteiger charge is 2.23. The van der Waals surface area contributed by atoms with Crippen molar-refractivity contribution >= 4 is 28.9 Å². The Kier molecular flexibility index (Phi) is 3.57. The van der Waals surface area contributed by atoms with Gasteiger partial charge in [0.05, 0.1) is 10.7 Å². The average Bonchev–Trinajstić information content (AvgIpc) is 2.79. The Morgan fingerprint density at radius 2 is 2.06 bits per heavy atom. The number of hydrogen-bond acceptors (Lipinski definition) is 2. The van der Waals surface area contributed by atoms with E-state index in [1.165, 1.54) is 0 Å². The molecule has 0 heterocycles. The molecule has 1 fully saturated rings. The van der Waals surface area contributed by atoms with E-state index in [4.69, 9.17) is 17.3 Å². The van der Waals surface area contributed by atoms with Crippen LogP contribution >= 0.6 is 11.6 Å². The summed E-state index contributed by atoms with van der Waals surface area (Å²) >= 11 is 5.95. The van der Waals surface area contributed by atoms with Gasteiger partial charge in [-0.15, -0.1) is 0 Å². The Labute approximate surface area is 106 Å². The van der Waals surface area contributed by atoms with E-state index in [1.54, 1.807) is 12.1 Å². The van der Waals surface area contributed by atoms with E-state index >= 15 is 0 Å². The van der Waals surface area contributed by atoms with Crippen LogP contribution in [0.25, 0.3) is 0 Å². The lowest BCUT2D eigenvalue weighted by molar-refractivity contribution is -0.119. The fourth-order valence-electron chi connectivity index (χ4n) is 2.26. The van der Waals surface area contributed by atoms with Gasteiger partial charge in [-0.05, 0) is 37.5 Å². The highest BCUT2D eigenvalue weighted by Crippen LogP contribution is 2.29. The SMILES string of the molecule is Cc1cc(N)c(Cl)cc1NC(=O)C1CCCC1. The van der Waals surface area contributed by atoms with Crippen LogP contribution in [0.5, 0.6) is 0 Å². The number of amides is 1. The zero-order chi connectivity index (χ0) is 12.4. The minimum atomic E-state index is 0.103. The smallest absolute Gasteiger partial charge is 0.227 e. The van der Waals surface area contributed by atoms with Crippen LogP contribution < -0.4 is 11.1 Å². The first-order chi connectivity index (χ1) is 8.08. The molecule has 1 aliphatic carbocycles. The second-order valence-electron chi connectivity index (χ2n) is 4.66. The van der Waals surface area contributed by atoms with Crippen molar-refractivity contribution in [1.29, 1.82) is 0 Å². The number of aryl methyl sites for hydroxylation is 1. The number of nitrogens with two attached hydrogens (primary N) is 1. The van der Waals surface area contributed by atoms with Gasteiger partial charge in [0.2, 0.25) is 5.91 Å². The topological polar surface area (TPSA) is 55.1 Å². The summed E-state index contributed by atoms with van der Waals surface area (Å²) in [4.78, 5) is 12.0. The molecule has 0 spiro atoms. The first-order valence-electron chi connectivity index (χ1n) is 5.94. The normalized spacial score (nSPS) is 16.1. The van der Waals surface area contributed by atoms with E-state index in [0.29, 0.717) is 10.7 Å². The van der Waals surface area contributed by atoms with Crippen molar-refractivity contribution in [3.8, 4) is 0 Å². The molecule has 0 radical (unpaired) electrons. The zero-order valence-electron chi connectivity index (χ0n) is 9.92. The molecule has 1 aromatic carbocycles. The van der Waals surface area contributed by atoms with Gasteiger partial charge < -0.3 is 11.1 Å². The third-order valence-electron chi connectivity index (χ3n) is 3.33. The number of nitrogens with one attached hydrogen (secondary N) is 1. The van der Waals surface area contributed by atoms with Crippen molar-refractivity contribution in [2.45, 2.75) is 32.6 Å². The van der Waals surface area contributed by atoms with E-state index in [-0.39, 0.29) is 11.8 Å². The van der Waals surface area contributed by atoms with Gasteiger partial charge in [0, 0.05) is 11.6 Å². The molecule has 0 aliphatic heterocycles. The van der Waals surface area contributed by atoms with Crippen LogP contribution in [-0.4, -0.2) is 5.91 Å². The third kappa shape index (κ3) is 2.72. The Hall–Kier alpha value is -1.22. The first kappa shape index (κ1) is 12.2. The molecule has 2 rings (SSSR count). The molecule has 0 saturated heterocycles. The summed E-state index contributed by atoms with van der Waals surface area (Å²) in [5.74, 6) is 0.261. The maximum atomic E-state index is 12.0. The van der Waals surface area contributed by atoms with Crippen LogP contribution in [0.1, 0.15) is 31.2 Å². The van der Waals surface area contributed by atoms with Crippen LogP contribution in [-0.2, 0) is 4.79 Å². The van der Waals surface area contributed by atoms with Gasteiger partial charge in [-0.2, -0.15) is 0 Å². The van der Waals surface area contributed by atoms with Gasteiger partial charge in [0.1, 0.15) is 0 Å². The zero-order valence-corrected chi connectivity index (χ0v) is 10.7. The summed E-state index contributed by atoms with van der Waals surface area (Å²) in [6, 6.07) is 3.51. The predicted octanol–water partition coefficient (Wildman–Crippen LogP) is 3.36. The lowest BCUT2D eigenvalue weighted by Gasteiger charge is -2.13. The van der Waals surface area contributed by atoms with Crippen molar-refractivity contribution in [3.05, 3.63) is 22.7 Å². The predicted molar refractivity (Wildman–Crippen MR) is 71.2 cm³/mol. The molecule has 1 saturated carbocycles. The molecule has 1 amide bonds. The number of rotatable bonds is 2. The number of benzene rings is 1. The largest absolute Gasteiger partial charge is 0.398 e. The number of anilines is 2. The lowest BCUT2D eigenvalue weighted by Crippen LogP contribution is -2.20. The van der Waals surface area contributed by atoms with Crippen LogP contribution in [0, 0.1) is 12.8 Å². The minimum Gasteiger partial charge on any atom is -0.398 e. The van der Waals surface area contributed by atoms with Crippen LogP contribution in [0.4, 0.5) is 11.4 Å². The minimum absolute atomic E-state index is 0.103. The summed E-state index contributed by atoms with van der Waals surface area (Å²) in [6.07, 6.45) is 4.29. The number of halogens is 1. The highest BCUT2D eigenvalue weighted by atomic mass is 35.5. The molecule has 0 unspecified atom stereocenters. The summed E-state index contributed by atoms with van der Waals surface area (Å²) in [5.41, 5.74) is 7.95. The molecule has 0 aromatic heterocycles. The van der Waals surface area contributed by atoms with Gasteiger partial charge in [-0.3, -0.25) is 4.79 Å². The van der Waals surface area contributed by atoms with Gasteiger partial charge in [-0.1, -0.05) is 24.4 Å². The van der Waals surface area contributed by atoms with Crippen molar-refractivity contribution in [2.75, 3.05) is 11.1 Å². The maximum absolute atomic E-state index is 12.0. The lowest BCUT2D eigenvalue weighted by atomic mass is 10.1. The Bertz CT molecular complexity index is 439. The highest BCUT2D eigenvalue weighted by molar-refractivity contribution is 6.33. The fraction of sp³-hybridized carbons (Fsp3) is 0.462. The molecule has 1 aromatic rings. The van der Waals surface area contributed by atoms with E-state index in [2.05, 4.69) is 5.32 Å². The molecule has 0 bridgehead atoms. The van der Waals surface area contributed by atoms with Crippen LogP contribution in [0.2, 0.25) is 5.02 Å². The van der Waals surface area contributed by atoms with E-state index in [1.807, 2.05) is 6.92 Å². The molecule has 92 valence electrons. The van der Waals surface area contributed by atoms with Crippen molar-refractivity contribution in [1.82, 2.24) is 0 Å². The number of nitrogen functional groups attached to an aromatic ring is 1. The third-order valence-corrected chi connectivity index (χ3v) is 3.65. The Morgan fingerprint density at radius 1 is 1.41 bits per heavy atom. The average molecular weight is 253 g/mol. The number of hydrogen-bond donors (Lipinski definition) is 2. The van der Waals surface area contributed by atoms with Gasteiger partial charge in [-0.25, -0.2) is 0 Å². The fourth-order valence-corrected chi connectivity index (χ4v) is 2.42. The Balaban J connectivity index is 2.12. The molecule has 1 aliphatic rings. The van der Waals surface area contributed by atoms with Gasteiger partial charge in [0.25, 0.3) is 0 Å². The van der Waals surface area contributed by atoms with Gasteiger partial charge in [0.15, 0.2) is 0 Å². The second-order valence-corrected chi connectivity index (χ2v) is 5.07. The number of carbonyl (C=O) groups excluding carboxylic acids is 1. The summed E-state index contributed by atoms with van der Waals surface area (Å²) in [7, 11) is 0. The quantitative estimate of drug-likeness (QED) is 0.793. The van der Waals surface area contributed by atoms with E-state index in [0.717, 1.165) is 36.9 Å². The summed E-state index contributed by atoms with van der Waals surface area (Å²) in [5, 5.41) is 3.42. The van der Waals surface area contributed by atoms with Crippen molar-refractivity contribution in [2.24, 2.45) is 5.92 Å². The van der Waals surface area contributed by atoms with Crippen molar-refractivity contribution in [3.63, 3.8) is 0 Å². The van der Waals surface area contributed by atoms with Crippen molar-refractivity contribution < 1.29 is 4.79 Å². The Morgan fingerprint density at radius 3 is 2.71 bits per heavy atom. The molecule has 3 N–H and O–H groups in total. The van der Waals surface area contributed by atoms with Crippen LogP contribution in [0.3, 0.4) is 0 Å². The van der Waals surface area contributed by atoms with Gasteiger partial charge >= 0.3 is 0 Å². The van der Waals surface area contributed by atoms with E-state index in [9.17, 15) is 4.79 Å². The molecular weight excluding hydrogens is 236 g/mol. The second kappa shape index (κ2) is 4.96.